The lowest BCUT2D eigenvalue weighted by molar-refractivity contribution is 0.0813. The predicted octanol–water partition coefficient (Wildman–Crippen LogP) is 3.72. The normalized spacial score (nSPS) is 29.2. The zero-order valence-corrected chi connectivity index (χ0v) is 10.3. The van der Waals surface area contributed by atoms with E-state index in [9.17, 15) is 0 Å². The van der Waals surface area contributed by atoms with E-state index in [1.54, 1.807) is 0 Å². The largest absolute Gasteiger partial charge is 0.330 e. The number of nitrogens with two attached hydrogens (primary N) is 1. The lowest BCUT2D eigenvalue weighted by Gasteiger charge is -2.44. The maximum absolute atomic E-state index is 5.77. The molecule has 0 aromatic rings. The molecule has 15 heavy (non-hydrogen) atoms. The smallest absolute Gasteiger partial charge is 0.00489 e. The second-order valence-corrected chi connectivity index (χ2v) is 6.11. The van der Waals surface area contributed by atoms with E-state index in [0.717, 1.165) is 23.8 Å². The van der Waals surface area contributed by atoms with Gasteiger partial charge in [0.15, 0.2) is 0 Å². The summed E-state index contributed by atoms with van der Waals surface area (Å²) < 4.78 is 0. The fourth-order valence-electron chi connectivity index (χ4n) is 3.82. The van der Waals surface area contributed by atoms with Gasteiger partial charge in [0.1, 0.15) is 0 Å². The molecule has 2 N–H and O–H groups in total. The summed E-state index contributed by atoms with van der Waals surface area (Å²) in [5.74, 6) is 1.69. The minimum absolute atomic E-state index is 0.756. The third kappa shape index (κ3) is 2.55. The van der Waals surface area contributed by atoms with E-state index < -0.39 is 0 Å². The Kier molecular flexibility index (Phi) is 3.71. The Morgan fingerprint density at radius 2 is 1.67 bits per heavy atom. The van der Waals surface area contributed by atoms with E-state index in [1.165, 1.54) is 57.8 Å². The van der Waals surface area contributed by atoms with Gasteiger partial charge in [-0.25, -0.2) is 0 Å². The van der Waals surface area contributed by atoms with Gasteiger partial charge in [-0.2, -0.15) is 0 Å². The molecule has 2 fully saturated rings. The highest BCUT2D eigenvalue weighted by Crippen LogP contribution is 2.49. The third-order valence-corrected chi connectivity index (χ3v) is 5.18. The van der Waals surface area contributed by atoms with Gasteiger partial charge in [0, 0.05) is 0 Å². The van der Waals surface area contributed by atoms with Crippen LogP contribution in [0.1, 0.15) is 64.7 Å². The molecule has 1 atom stereocenters. The summed E-state index contributed by atoms with van der Waals surface area (Å²) in [7, 11) is 0. The summed E-state index contributed by atoms with van der Waals surface area (Å²) in [6.45, 7) is 3.22. The molecule has 1 unspecified atom stereocenters. The molecule has 2 aliphatic carbocycles. The average molecular weight is 209 g/mol. The van der Waals surface area contributed by atoms with Crippen molar-refractivity contribution >= 4 is 0 Å². The summed E-state index contributed by atoms with van der Waals surface area (Å²) in [6.07, 6.45) is 13.5. The van der Waals surface area contributed by atoms with Gasteiger partial charge in [-0.3, -0.25) is 0 Å². The molecule has 1 heteroatoms. The quantitative estimate of drug-likeness (QED) is 0.737. The summed E-state index contributed by atoms with van der Waals surface area (Å²) in [4.78, 5) is 0. The van der Waals surface area contributed by atoms with Gasteiger partial charge in [0.25, 0.3) is 0 Å². The fraction of sp³-hybridized carbons (Fsp3) is 1.00. The van der Waals surface area contributed by atoms with E-state index in [4.69, 9.17) is 5.73 Å². The Bertz CT molecular complexity index is 184. The summed E-state index contributed by atoms with van der Waals surface area (Å²) in [6, 6.07) is 0. The minimum atomic E-state index is 0.756. The van der Waals surface area contributed by atoms with E-state index in [1.807, 2.05) is 0 Å². The molecule has 0 heterocycles. The van der Waals surface area contributed by atoms with E-state index in [2.05, 4.69) is 6.92 Å². The summed E-state index contributed by atoms with van der Waals surface area (Å²) in [5.41, 5.74) is 6.55. The van der Waals surface area contributed by atoms with Crippen molar-refractivity contribution < 1.29 is 0 Å². The lowest BCUT2D eigenvalue weighted by atomic mass is 9.62. The van der Waals surface area contributed by atoms with Crippen LogP contribution in [-0.4, -0.2) is 6.54 Å². The highest BCUT2D eigenvalue weighted by Gasteiger charge is 2.36. The van der Waals surface area contributed by atoms with Crippen molar-refractivity contribution in [3.63, 3.8) is 0 Å². The standard InChI is InChI=1S/C14H27N/c1-12(11-15)13-5-9-14(10-6-13)7-3-2-4-8-14/h12-13H,2-11,15H2,1H3. The van der Waals surface area contributed by atoms with Crippen LogP contribution in [0.2, 0.25) is 0 Å². The van der Waals surface area contributed by atoms with Gasteiger partial charge in [0.2, 0.25) is 0 Å². The monoisotopic (exact) mass is 209 g/mol. The van der Waals surface area contributed by atoms with Crippen LogP contribution in [0.15, 0.2) is 0 Å². The van der Waals surface area contributed by atoms with Crippen LogP contribution in [0.5, 0.6) is 0 Å². The van der Waals surface area contributed by atoms with Crippen molar-refractivity contribution in [2.45, 2.75) is 64.7 Å². The molecule has 0 saturated heterocycles. The third-order valence-electron chi connectivity index (χ3n) is 5.18. The summed E-state index contributed by atoms with van der Waals surface area (Å²) >= 11 is 0. The molecule has 0 bridgehead atoms. The minimum Gasteiger partial charge on any atom is -0.330 e. The van der Waals surface area contributed by atoms with Crippen LogP contribution in [0.3, 0.4) is 0 Å². The zero-order chi connectivity index (χ0) is 10.7. The second kappa shape index (κ2) is 4.86. The van der Waals surface area contributed by atoms with Crippen LogP contribution in [0.4, 0.5) is 0 Å². The zero-order valence-electron chi connectivity index (χ0n) is 10.3. The Balaban J connectivity index is 1.85. The Labute approximate surface area is 94.8 Å². The molecule has 1 spiro atoms. The first kappa shape index (κ1) is 11.4. The van der Waals surface area contributed by atoms with E-state index in [0.29, 0.717) is 0 Å². The van der Waals surface area contributed by atoms with Crippen LogP contribution >= 0.6 is 0 Å². The average Bonchev–Trinajstić information content (AvgIpc) is 2.30. The number of hydrogen-bond acceptors (Lipinski definition) is 1. The molecule has 0 aromatic heterocycles. The predicted molar refractivity (Wildman–Crippen MR) is 65.7 cm³/mol. The molecule has 0 radical (unpaired) electrons. The van der Waals surface area contributed by atoms with Crippen molar-refractivity contribution in [2.75, 3.05) is 6.54 Å². The van der Waals surface area contributed by atoms with Gasteiger partial charge < -0.3 is 5.73 Å². The van der Waals surface area contributed by atoms with Crippen molar-refractivity contribution in [3.05, 3.63) is 0 Å². The first-order chi connectivity index (χ1) is 7.26. The molecule has 2 saturated carbocycles. The van der Waals surface area contributed by atoms with E-state index >= 15 is 0 Å². The van der Waals surface area contributed by atoms with Crippen LogP contribution in [-0.2, 0) is 0 Å². The van der Waals surface area contributed by atoms with Gasteiger partial charge in [-0.1, -0.05) is 26.2 Å². The molecule has 88 valence electrons. The topological polar surface area (TPSA) is 26.0 Å². The molecule has 0 aromatic carbocycles. The highest BCUT2D eigenvalue weighted by molar-refractivity contribution is 4.89. The Morgan fingerprint density at radius 3 is 2.20 bits per heavy atom. The van der Waals surface area contributed by atoms with Crippen molar-refractivity contribution in [3.8, 4) is 0 Å². The Hall–Kier alpha value is -0.0400. The van der Waals surface area contributed by atoms with Crippen LogP contribution < -0.4 is 5.73 Å². The molecule has 1 nitrogen and oxygen atoms in total. The second-order valence-electron chi connectivity index (χ2n) is 6.11. The van der Waals surface area contributed by atoms with Crippen molar-refractivity contribution in [2.24, 2.45) is 23.0 Å². The fourth-order valence-corrected chi connectivity index (χ4v) is 3.82. The molecular formula is C14H27N. The van der Waals surface area contributed by atoms with Crippen LogP contribution in [0, 0.1) is 17.3 Å². The molecule has 2 aliphatic rings. The molecule has 0 aliphatic heterocycles. The molecule has 2 rings (SSSR count). The summed E-state index contributed by atoms with van der Waals surface area (Å²) in [5, 5.41) is 0. The van der Waals surface area contributed by atoms with Gasteiger partial charge in [0.05, 0.1) is 0 Å². The van der Waals surface area contributed by atoms with E-state index in [-0.39, 0.29) is 0 Å². The number of hydrogen-bond donors (Lipinski definition) is 1. The maximum atomic E-state index is 5.77. The Morgan fingerprint density at radius 1 is 1.07 bits per heavy atom. The van der Waals surface area contributed by atoms with Crippen LogP contribution in [0.25, 0.3) is 0 Å². The molecular weight excluding hydrogens is 182 g/mol. The SMILES string of the molecule is CC(CN)C1CCC2(CCCCC2)CC1. The van der Waals surface area contributed by atoms with Gasteiger partial charge in [-0.05, 0) is 62.3 Å². The van der Waals surface area contributed by atoms with Gasteiger partial charge >= 0.3 is 0 Å². The van der Waals surface area contributed by atoms with Crippen molar-refractivity contribution in [1.29, 1.82) is 0 Å². The lowest BCUT2D eigenvalue weighted by Crippen LogP contribution is -2.33. The molecule has 0 amide bonds. The number of rotatable bonds is 2. The maximum Gasteiger partial charge on any atom is -0.00489 e. The first-order valence-corrected chi connectivity index (χ1v) is 6.96. The first-order valence-electron chi connectivity index (χ1n) is 6.96. The highest BCUT2D eigenvalue weighted by atomic mass is 14.6. The van der Waals surface area contributed by atoms with Gasteiger partial charge in [-0.15, -0.1) is 0 Å². The van der Waals surface area contributed by atoms with Crippen molar-refractivity contribution in [1.82, 2.24) is 0 Å².